The monoisotopic (exact) mass is 348 g/mol. The SMILES string of the molecule is Cn1cncc1CN1CCC(c2ccnc(Nc3ccccn3)c2)CC1. The van der Waals surface area contributed by atoms with Gasteiger partial charge in [-0.25, -0.2) is 15.0 Å². The summed E-state index contributed by atoms with van der Waals surface area (Å²) in [7, 11) is 2.06. The summed E-state index contributed by atoms with van der Waals surface area (Å²) in [6.07, 6.45) is 9.85. The van der Waals surface area contributed by atoms with Gasteiger partial charge in [0, 0.05) is 32.2 Å². The Hall–Kier alpha value is -2.73. The molecule has 0 aliphatic carbocycles. The summed E-state index contributed by atoms with van der Waals surface area (Å²) in [5.74, 6) is 2.27. The number of nitrogens with one attached hydrogen (secondary N) is 1. The Balaban J connectivity index is 1.37. The second-order valence-corrected chi connectivity index (χ2v) is 6.86. The highest BCUT2D eigenvalue weighted by Crippen LogP contribution is 2.29. The van der Waals surface area contributed by atoms with Gasteiger partial charge in [0.25, 0.3) is 0 Å². The molecule has 0 radical (unpaired) electrons. The van der Waals surface area contributed by atoms with Crippen molar-refractivity contribution >= 4 is 11.6 Å². The highest BCUT2D eigenvalue weighted by Gasteiger charge is 2.21. The first kappa shape index (κ1) is 16.7. The molecule has 0 amide bonds. The maximum absolute atomic E-state index is 4.43. The number of aryl methyl sites for hydroxylation is 1. The molecule has 4 rings (SSSR count). The molecule has 1 saturated heterocycles. The van der Waals surface area contributed by atoms with Gasteiger partial charge >= 0.3 is 0 Å². The lowest BCUT2D eigenvalue weighted by Crippen LogP contribution is -2.33. The molecule has 1 fully saturated rings. The Morgan fingerprint density at radius 2 is 1.92 bits per heavy atom. The Morgan fingerprint density at radius 3 is 2.65 bits per heavy atom. The molecule has 134 valence electrons. The van der Waals surface area contributed by atoms with E-state index in [9.17, 15) is 0 Å². The predicted molar refractivity (Wildman–Crippen MR) is 102 cm³/mol. The third-order valence-electron chi connectivity index (χ3n) is 5.07. The van der Waals surface area contributed by atoms with Crippen molar-refractivity contribution in [2.45, 2.75) is 25.3 Å². The van der Waals surface area contributed by atoms with Crippen LogP contribution >= 0.6 is 0 Å². The zero-order valence-corrected chi connectivity index (χ0v) is 15.0. The van der Waals surface area contributed by atoms with Crippen LogP contribution in [0.1, 0.15) is 30.0 Å². The molecule has 3 aromatic heterocycles. The molecule has 6 heteroatoms. The van der Waals surface area contributed by atoms with Gasteiger partial charge in [-0.1, -0.05) is 6.07 Å². The summed E-state index contributed by atoms with van der Waals surface area (Å²) < 4.78 is 2.10. The number of imidazole rings is 1. The zero-order chi connectivity index (χ0) is 17.8. The van der Waals surface area contributed by atoms with Gasteiger partial charge in [-0.3, -0.25) is 4.90 Å². The van der Waals surface area contributed by atoms with E-state index in [1.54, 1.807) is 6.20 Å². The summed E-state index contributed by atoms with van der Waals surface area (Å²) in [5.41, 5.74) is 2.63. The van der Waals surface area contributed by atoms with Crippen molar-refractivity contribution in [1.29, 1.82) is 0 Å². The average Bonchev–Trinajstić information content (AvgIpc) is 3.08. The third-order valence-corrected chi connectivity index (χ3v) is 5.07. The Labute approximate surface area is 153 Å². The quantitative estimate of drug-likeness (QED) is 0.766. The maximum Gasteiger partial charge on any atom is 0.131 e. The number of aromatic nitrogens is 4. The van der Waals surface area contributed by atoms with E-state index in [2.05, 4.69) is 48.9 Å². The van der Waals surface area contributed by atoms with E-state index >= 15 is 0 Å². The summed E-state index contributed by atoms with van der Waals surface area (Å²) >= 11 is 0. The second kappa shape index (κ2) is 7.66. The van der Waals surface area contributed by atoms with Crippen molar-refractivity contribution in [3.63, 3.8) is 0 Å². The minimum absolute atomic E-state index is 0.588. The lowest BCUT2D eigenvalue weighted by Gasteiger charge is -2.32. The maximum atomic E-state index is 4.43. The number of nitrogens with zero attached hydrogens (tertiary/aromatic N) is 5. The van der Waals surface area contributed by atoms with Crippen molar-refractivity contribution < 1.29 is 0 Å². The number of pyridine rings is 2. The molecule has 1 aliphatic rings. The highest BCUT2D eigenvalue weighted by molar-refractivity contribution is 5.52. The fraction of sp³-hybridized carbons (Fsp3) is 0.350. The first-order valence-electron chi connectivity index (χ1n) is 9.09. The lowest BCUT2D eigenvalue weighted by molar-refractivity contribution is 0.201. The molecular weight excluding hydrogens is 324 g/mol. The minimum Gasteiger partial charge on any atom is -0.337 e. The Kier molecular flexibility index (Phi) is 4.93. The van der Waals surface area contributed by atoms with E-state index in [-0.39, 0.29) is 0 Å². The highest BCUT2D eigenvalue weighted by atomic mass is 15.2. The molecule has 4 heterocycles. The molecule has 3 aromatic rings. The first-order valence-corrected chi connectivity index (χ1v) is 9.09. The van der Waals surface area contributed by atoms with Gasteiger partial charge in [0.05, 0.1) is 12.0 Å². The van der Waals surface area contributed by atoms with Crippen molar-refractivity contribution in [1.82, 2.24) is 24.4 Å². The number of hydrogen-bond donors (Lipinski definition) is 1. The second-order valence-electron chi connectivity index (χ2n) is 6.86. The molecule has 0 aromatic carbocycles. The molecule has 0 saturated carbocycles. The van der Waals surface area contributed by atoms with E-state index in [1.807, 2.05) is 36.9 Å². The molecule has 26 heavy (non-hydrogen) atoms. The van der Waals surface area contributed by atoms with Crippen molar-refractivity contribution in [2.24, 2.45) is 7.05 Å². The third kappa shape index (κ3) is 3.91. The van der Waals surface area contributed by atoms with Crippen molar-refractivity contribution in [3.05, 3.63) is 66.5 Å². The van der Waals surface area contributed by atoms with Crippen LogP contribution < -0.4 is 5.32 Å². The van der Waals surface area contributed by atoms with E-state index < -0.39 is 0 Å². The van der Waals surface area contributed by atoms with Crippen LogP contribution in [0.2, 0.25) is 0 Å². The summed E-state index contributed by atoms with van der Waals surface area (Å²) in [4.78, 5) is 15.5. The normalized spacial score (nSPS) is 15.9. The van der Waals surface area contributed by atoms with Gasteiger partial charge in [-0.05, 0) is 61.7 Å². The molecule has 0 atom stereocenters. The van der Waals surface area contributed by atoms with Crippen LogP contribution in [0, 0.1) is 0 Å². The molecule has 1 aliphatic heterocycles. The van der Waals surface area contributed by atoms with Gasteiger partial charge in [0.2, 0.25) is 0 Å². The zero-order valence-electron chi connectivity index (χ0n) is 15.0. The van der Waals surface area contributed by atoms with Crippen LogP contribution in [0.15, 0.2) is 55.2 Å². The number of piperidine rings is 1. The molecule has 0 spiro atoms. The molecule has 0 unspecified atom stereocenters. The number of rotatable bonds is 5. The van der Waals surface area contributed by atoms with Gasteiger partial charge in [0.1, 0.15) is 11.6 Å². The Bertz CT molecular complexity index is 836. The number of likely N-dealkylation sites (tertiary alicyclic amines) is 1. The first-order chi connectivity index (χ1) is 12.8. The van der Waals surface area contributed by atoms with E-state index in [1.165, 1.54) is 24.1 Å². The van der Waals surface area contributed by atoms with Crippen LogP contribution in [-0.2, 0) is 13.6 Å². The van der Waals surface area contributed by atoms with Crippen molar-refractivity contribution in [3.8, 4) is 0 Å². The minimum atomic E-state index is 0.588. The standard InChI is InChI=1S/C20H24N6/c1-25-15-21-13-18(25)14-26-10-6-16(7-11-26)17-5-9-23-20(12-17)24-19-4-2-3-8-22-19/h2-5,8-9,12-13,15-16H,6-7,10-11,14H2,1H3,(H,22,23,24). The van der Waals surface area contributed by atoms with Gasteiger partial charge < -0.3 is 9.88 Å². The van der Waals surface area contributed by atoms with Crippen LogP contribution in [0.4, 0.5) is 11.6 Å². The molecule has 6 nitrogen and oxygen atoms in total. The van der Waals surface area contributed by atoms with E-state index in [4.69, 9.17) is 0 Å². The van der Waals surface area contributed by atoms with Crippen LogP contribution in [0.5, 0.6) is 0 Å². The predicted octanol–water partition coefficient (Wildman–Crippen LogP) is 3.33. The molecular formula is C20H24N6. The van der Waals surface area contributed by atoms with Gasteiger partial charge in [-0.2, -0.15) is 0 Å². The fourth-order valence-corrected chi connectivity index (χ4v) is 3.53. The van der Waals surface area contributed by atoms with E-state index in [0.29, 0.717) is 5.92 Å². The largest absolute Gasteiger partial charge is 0.337 e. The summed E-state index contributed by atoms with van der Waals surface area (Å²) in [5, 5.41) is 3.29. The summed E-state index contributed by atoms with van der Waals surface area (Å²) in [6.45, 7) is 3.20. The smallest absolute Gasteiger partial charge is 0.131 e. The van der Waals surface area contributed by atoms with Crippen LogP contribution in [-0.4, -0.2) is 37.5 Å². The molecule has 1 N–H and O–H groups in total. The number of hydrogen-bond acceptors (Lipinski definition) is 5. The van der Waals surface area contributed by atoms with Gasteiger partial charge in [-0.15, -0.1) is 0 Å². The molecule has 0 bridgehead atoms. The Morgan fingerprint density at radius 1 is 1.08 bits per heavy atom. The number of anilines is 2. The average molecular weight is 348 g/mol. The van der Waals surface area contributed by atoms with Crippen LogP contribution in [0.3, 0.4) is 0 Å². The van der Waals surface area contributed by atoms with E-state index in [0.717, 1.165) is 31.3 Å². The lowest BCUT2D eigenvalue weighted by atomic mass is 9.90. The van der Waals surface area contributed by atoms with Crippen molar-refractivity contribution in [2.75, 3.05) is 18.4 Å². The van der Waals surface area contributed by atoms with Gasteiger partial charge in [0.15, 0.2) is 0 Å². The van der Waals surface area contributed by atoms with Crippen LogP contribution in [0.25, 0.3) is 0 Å². The topological polar surface area (TPSA) is 58.9 Å². The fourth-order valence-electron chi connectivity index (χ4n) is 3.53. The summed E-state index contributed by atoms with van der Waals surface area (Å²) in [6, 6.07) is 10.1.